The molecular weight excluding hydrogens is 264 g/mol. The highest BCUT2D eigenvalue weighted by molar-refractivity contribution is 5.75. The Labute approximate surface area is 130 Å². The van der Waals surface area contributed by atoms with Crippen molar-refractivity contribution < 1.29 is 9.90 Å². The molecule has 0 radical (unpaired) electrons. The largest absolute Gasteiger partial charge is 0.396 e. The van der Waals surface area contributed by atoms with E-state index >= 15 is 0 Å². The van der Waals surface area contributed by atoms with Gasteiger partial charge in [0.1, 0.15) is 0 Å². The molecule has 21 heavy (non-hydrogen) atoms. The first-order chi connectivity index (χ1) is 10.2. The lowest BCUT2D eigenvalue weighted by molar-refractivity contribution is -0.121. The second-order valence-corrected chi connectivity index (χ2v) is 5.42. The summed E-state index contributed by atoms with van der Waals surface area (Å²) >= 11 is 0. The van der Waals surface area contributed by atoms with Crippen LogP contribution < -0.4 is 5.32 Å². The van der Waals surface area contributed by atoms with Crippen LogP contribution in [0, 0.1) is 0 Å². The van der Waals surface area contributed by atoms with Gasteiger partial charge < -0.3 is 10.4 Å². The van der Waals surface area contributed by atoms with Crippen molar-refractivity contribution in [2.75, 3.05) is 26.4 Å². The first-order valence-electron chi connectivity index (χ1n) is 8.45. The topological polar surface area (TPSA) is 52.6 Å². The normalized spacial score (nSPS) is 11.4. The number of allylic oxidation sites excluding steroid dienone is 2. The molecule has 4 heteroatoms. The lowest BCUT2D eigenvalue weighted by Gasteiger charge is -2.20. The zero-order valence-electron chi connectivity index (χ0n) is 13.9. The number of aliphatic hydroxyl groups excluding tert-OH is 1. The predicted molar refractivity (Wildman–Crippen MR) is 89.1 cm³/mol. The Kier molecular flexibility index (Phi) is 14.9. The van der Waals surface area contributed by atoms with Gasteiger partial charge in [-0.25, -0.2) is 0 Å². The summed E-state index contributed by atoms with van der Waals surface area (Å²) < 4.78 is 0. The molecule has 0 saturated heterocycles. The van der Waals surface area contributed by atoms with Gasteiger partial charge >= 0.3 is 0 Å². The van der Waals surface area contributed by atoms with Gasteiger partial charge in [-0.1, -0.05) is 44.8 Å². The molecule has 0 aromatic carbocycles. The first-order valence-corrected chi connectivity index (χ1v) is 8.45. The number of aliphatic hydroxyl groups is 1. The highest BCUT2D eigenvalue weighted by Gasteiger charge is 2.04. The molecule has 0 rings (SSSR count). The first kappa shape index (κ1) is 20.1. The van der Waals surface area contributed by atoms with Gasteiger partial charge in [0.2, 0.25) is 5.91 Å². The minimum absolute atomic E-state index is 0.135. The number of carbonyl (C=O) groups excluding carboxylic acids is 1. The van der Waals surface area contributed by atoms with Crippen LogP contribution in [0.15, 0.2) is 12.2 Å². The van der Waals surface area contributed by atoms with Crippen molar-refractivity contribution in [3.05, 3.63) is 12.2 Å². The van der Waals surface area contributed by atoms with Crippen LogP contribution in [-0.2, 0) is 4.79 Å². The van der Waals surface area contributed by atoms with E-state index in [9.17, 15) is 4.79 Å². The Morgan fingerprint density at radius 3 is 2.43 bits per heavy atom. The van der Waals surface area contributed by atoms with Crippen molar-refractivity contribution in [2.24, 2.45) is 0 Å². The fourth-order valence-electron chi connectivity index (χ4n) is 2.17. The van der Waals surface area contributed by atoms with Gasteiger partial charge in [0, 0.05) is 13.0 Å². The number of rotatable bonds is 14. The highest BCUT2D eigenvalue weighted by Crippen LogP contribution is 2.05. The lowest BCUT2D eigenvalue weighted by atomic mass is 10.1. The van der Waals surface area contributed by atoms with E-state index in [1.807, 2.05) is 19.1 Å². The molecule has 0 aromatic heterocycles. The van der Waals surface area contributed by atoms with E-state index < -0.39 is 0 Å². The molecule has 0 spiro atoms. The number of nitrogens with one attached hydrogen (secondary N) is 1. The molecule has 0 aromatic rings. The van der Waals surface area contributed by atoms with E-state index in [-0.39, 0.29) is 5.91 Å². The molecule has 0 unspecified atom stereocenters. The van der Waals surface area contributed by atoms with E-state index in [2.05, 4.69) is 17.1 Å². The SMILES string of the molecule is C/C=C/CCC(=O)NCN(CC)CCCCCCCCO. The molecule has 0 fully saturated rings. The number of nitrogens with zero attached hydrogens (tertiary/aromatic N) is 1. The molecule has 0 atom stereocenters. The van der Waals surface area contributed by atoms with E-state index in [1.54, 1.807) is 0 Å². The third-order valence-corrected chi connectivity index (χ3v) is 3.60. The summed E-state index contributed by atoms with van der Waals surface area (Å²) in [5, 5.41) is 11.7. The summed E-state index contributed by atoms with van der Waals surface area (Å²) in [5.41, 5.74) is 0. The lowest BCUT2D eigenvalue weighted by Crippen LogP contribution is -2.38. The molecule has 0 heterocycles. The Balaban J connectivity index is 3.55. The van der Waals surface area contributed by atoms with Crippen LogP contribution in [-0.4, -0.2) is 42.3 Å². The molecule has 0 aliphatic rings. The zero-order chi connectivity index (χ0) is 15.8. The molecule has 0 aliphatic heterocycles. The van der Waals surface area contributed by atoms with Crippen LogP contribution in [0.5, 0.6) is 0 Å². The van der Waals surface area contributed by atoms with Crippen molar-refractivity contribution in [3.8, 4) is 0 Å². The van der Waals surface area contributed by atoms with Gasteiger partial charge in [-0.2, -0.15) is 0 Å². The molecule has 4 nitrogen and oxygen atoms in total. The van der Waals surface area contributed by atoms with Crippen LogP contribution in [0.3, 0.4) is 0 Å². The highest BCUT2D eigenvalue weighted by atomic mass is 16.2. The van der Waals surface area contributed by atoms with Crippen molar-refractivity contribution in [3.63, 3.8) is 0 Å². The van der Waals surface area contributed by atoms with E-state index in [0.717, 1.165) is 32.4 Å². The Bertz CT molecular complexity index is 268. The third kappa shape index (κ3) is 13.9. The maximum atomic E-state index is 11.6. The monoisotopic (exact) mass is 298 g/mol. The number of amides is 1. The van der Waals surface area contributed by atoms with Gasteiger partial charge in [0.15, 0.2) is 0 Å². The second-order valence-electron chi connectivity index (χ2n) is 5.42. The van der Waals surface area contributed by atoms with Crippen LogP contribution >= 0.6 is 0 Å². The summed E-state index contributed by atoms with van der Waals surface area (Å²) in [7, 11) is 0. The molecule has 2 N–H and O–H groups in total. The molecule has 0 saturated carbocycles. The number of hydrogen-bond acceptors (Lipinski definition) is 3. The van der Waals surface area contributed by atoms with Crippen molar-refractivity contribution >= 4 is 5.91 Å². The maximum Gasteiger partial charge on any atom is 0.221 e. The Morgan fingerprint density at radius 2 is 1.81 bits per heavy atom. The van der Waals surface area contributed by atoms with Gasteiger partial charge in [0.05, 0.1) is 6.67 Å². The van der Waals surface area contributed by atoms with Gasteiger partial charge in [-0.05, 0) is 39.3 Å². The van der Waals surface area contributed by atoms with E-state index in [0.29, 0.717) is 19.7 Å². The van der Waals surface area contributed by atoms with Crippen molar-refractivity contribution in [1.29, 1.82) is 0 Å². The molecule has 0 aliphatic carbocycles. The third-order valence-electron chi connectivity index (χ3n) is 3.60. The average molecular weight is 298 g/mol. The molecule has 124 valence electrons. The summed E-state index contributed by atoms with van der Waals surface area (Å²) in [4.78, 5) is 13.9. The smallest absolute Gasteiger partial charge is 0.221 e. The van der Waals surface area contributed by atoms with Crippen molar-refractivity contribution in [1.82, 2.24) is 10.2 Å². The van der Waals surface area contributed by atoms with Crippen LogP contribution in [0.25, 0.3) is 0 Å². The average Bonchev–Trinajstić information content (AvgIpc) is 2.49. The molecule has 0 bridgehead atoms. The summed E-state index contributed by atoms with van der Waals surface area (Å²) in [6.07, 6.45) is 12.3. The number of unbranched alkanes of at least 4 members (excludes halogenated alkanes) is 5. The molecular formula is C17H34N2O2. The van der Waals surface area contributed by atoms with Crippen molar-refractivity contribution in [2.45, 2.75) is 65.2 Å². The fraction of sp³-hybridized carbons (Fsp3) is 0.824. The second kappa shape index (κ2) is 15.5. The quantitative estimate of drug-likeness (QED) is 0.294. The van der Waals surface area contributed by atoms with Crippen LogP contribution in [0.1, 0.15) is 65.2 Å². The minimum Gasteiger partial charge on any atom is -0.396 e. The predicted octanol–water partition coefficient (Wildman–Crippen LogP) is 3.07. The van der Waals surface area contributed by atoms with E-state index in [1.165, 1.54) is 25.7 Å². The fourth-order valence-corrected chi connectivity index (χ4v) is 2.17. The van der Waals surface area contributed by atoms with Gasteiger partial charge in [-0.3, -0.25) is 9.69 Å². The van der Waals surface area contributed by atoms with Crippen LogP contribution in [0.4, 0.5) is 0 Å². The zero-order valence-corrected chi connectivity index (χ0v) is 13.9. The minimum atomic E-state index is 0.135. The maximum absolute atomic E-state index is 11.6. The molecule has 1 amide bonds. The summed E-state index contributed by atoms with van der Waals surface area (Å²) in [6, 6.07) is 0. The van der Waals surface area contributed by atoms with E-state index in [4.69, 9.17) is 5.11 Å². The Hall–Kier alpha value is -0.870. The Morgan fingerprint density at radius 1 is 1.14 bits per heavy atom. The van der Waals surface area contributed by atoms with Gasteiger partial charge in [0.25, 0.3) is 0 Å². The summed E-state index contributed by atoms with van der Waals surface area (Å²) in [5.74, 6) is 0.135. The van der Waals surface area contributed by atoms with Gasteiger partial charge in [-0.15, -0.1) is 0 Å². The number of hydrogen-bond donors (Lipinski definition) is 2. The number of carbonyl (C=O) groups is 1. The standard InChI is InChI=1S/C17H34N2O2/c1-3-5-10-13-17(21)18-16-19(4-2)14-11-8-6-7-9-12-15-20/h3,5,20H,4,6-16H2,1-2H3,(H,18,21)/b5-3+. The van der Waals surface area contributed by atoms with Crippen LogP contribution in [0.2, 0.25) is 0 Å². The summed E-state index contributed by atoms with van der Waals surface area (Å²) in [6.45, 7) is 7.10.